The second-order valence-corrected chi connectivity index (χ2v) is 4.54. The lowest BCUT2D eigenvalue weighted by Gasteiger charge is -2.38. The van der Waals surface area contributed by atoms with Gasteiger partial charge in [-0.15, -0.1) is 0 Å². The van der Waals surface area contributed by atoms with E-state index < -0.39 is 5.97 Å². The molecule has 0 atom stereocenters. The van der Waals surface area contributed by atoms with Crippen LogP contribution in [0.2, 0.25) is 0 Å². The maximum Gasteiger partial charge on any atom is 0.337 e. The highest BCUT2D eigenvalue weighted by Crippen LogP contribution is 2.41. The molecule has 0 bridgehead atoms. The van der Waals surface area contributed by atoms with E-state index in [-0.39, 0.29) is 0 Å². The third-order valence-electron chi connectivity index (χ3n) is 3.12. The molecule has 2 rings (SSSR count). The lowest BCUT2D eigenvalue weighted by atomic mass is 9.70. The molecule has 0 aliphatic heterocycles. The highest BCUT2D eigenvalue weighted by Gasteiger charge is 2.31. The van der Waals surface area contributed by atoms with Gasteiger partial charge >= 0.3 is 5.97 Å². The zero-order valence-corrected chi connectivity index (χ0v) is 8.36. The van der Waals surface area contributed by atoms with Crippen molar-refractivity contribution >= 4 is 5.97 Å². The number of hydrogen-bond donors (Lipinski definition) is 1. The summed E-state index contributed by atoms with van der Waals surface area (Å²) < 4.78 is 1.99. The molecule has 76 valence electrons. The Morgan fingerprint density at radius 1 is 1.64 bits per heavy atom. The van der Waals surface area contributed by atoms with Gasteiger partial charge in [-0.3, -0.25) is 0 Å². The van der Waals surface area contributed by atoms with Crippen molar-refractivity contribution in [1.29, 1.82) is 0 Å². The Balaban J connectivity index is 2.06. The largest absolute Gasteiger partial charge is 0.478 e. The van der Waals surface area contributed by atoms with E-state index >= 15 is 0 Å². The minimum absolute atomic E-state index is 0.382. The molecule has 3 heteroatoms. The molecule has 14 heavy (non-hydrogen) atoms. The molecule has 0 unspecified atom stereocenters. The smallest absolute Gasteiger partial charge is 0.337 e. The molecule has 1 aliphatic carbocycles. The van der Waals surface area contributed by atoms with Gasteiger partial charge in [0.1, 0.15) is 0 Å². The number of carbonyl (C=O) groups is 1. The van der Waals surface area contributed by atoms with Gasteiger partial charge in [-0.1, -0.05) is 13.3 Å². The highest BCUT2D eigenvalue weighted by atomic mass is 16.4. The van der Waals surface area contributed by atoms with Crippen molar-refractivity contribution in [2.24, 2.45) is 5.41 Å². The highest BCUT2D eigenvalue weighted by molar-refractivity contribution is 5.87. The fourth-order valence-corrected chi connectivity index (χ4v) is 2.04. The van der Waals surface area contributed by atoms with Crippen molar-refractivity contribution < 1.29 is 9.90 Å². The van der Waals surface area contributed by atoms with Crippen LogP contribution >= 0.6 is 0 Å². The van der Waals surface area contributed by atoms with E-state index in [1.165, 1.54) is 19.3 Å². The fraction of sp³-hybridized carbons (Fsp3) is 0.545. The molecular formula is C11H15NO2. The van der Waals surface area contributed by atoms with Crippen molar-refractivity contribution in [3.63, 3.8) is 0 Å². The van der Waals surface area contributed by atoms with Crippen LogP contribution in [0.15, 0.2) is 18.5 Å². The topological polar surface area (TPSA) is 42.2 Å². The average molecular weight is 193 g/mol. The Morgan fingerprint density at radius 2 is 2.36 bits per heavy atom. The quantitative estimate of drug-likeness (QED) is 0.800. The maximum atomic E-state index is 10.7. The molecule has 1 N–H and O–H groups in total. The van der Waals surface area contributed by atoms with Crippen LogP contribution in [0.4, 0.5) is 0 Å². The third-order valence-corrected chi connectivity index (χ3v) is 3.12. The van der Waals surface area contributed by atoms with E-state index in [0.29, 0.717) is 11.0 Å². The summed E-state index contributed by atoms with van der Waals surface area (Å²) in [5, 5.41) is 8.75. The van der Waals surface area contributed by atoms with Crippen LogP contribution in [0.5, 0.6) is 0 Å². The summed E-state index contributed by atoms with van der Waals surface area (Å²) in [4.78, 5) is 10.7. The summed E-state index contributed by atoms with van der Waals surface area (Å²) in [5.41, 5.74) is 0.780. The van der Waals surface area contributed by atoms with Crippen LogP contribution in [0.1, 0.15) is 36.5 Å². The molecule has 0 spiro atoms. The van der Waals surface area contributed by atoms with Crippen LogP contribution in [0.3, 0.4) is 0 Å². The van der Waals surface area contributed by atoms with Crippen LogP contribution in [0, 0.1) is 5.41 Å². The molecule has 0 saturated heterocycles. The first-order valence-electron chi connectivity index (χ1n) is 4.98. The third kappa shape index (κ3) is 1.67. The maximum absolute atomic E-state index is 10.7. The van der Waals surface area contributed by atoms with Gasteiger partial charge in [0.2, 0.25) is 0 Å². The summed E-state index contributed by atoms with van der Waals surface area (Å²) in [6.45, 7) is 3.21. The van der Waals surface area contributed by atoms with E-state index in [0.717, 1.165) is 6.54 Å². The Hall–Kier alpha value is -1.25. The molecule has 1 heterocycles. The minimum Gasteiger partial charge on any atom is -0.478 e. The Bertz CT molecular complexity index is 350. The van der Waals surface area contributed by atoms with Gasteiger partial charge in [0, 0.05) is 18.9 Å². The molecule has 1 fully saturated rings. The van der Waals surface area contributed by atoms with Gasteiger partial charge in [-0.25, -0.2) is 4.79 Å². The summed E-state index contributed by atoms with van der Waals surface area (Å²) in [7, 11) is 0. The van der Waals surface area contributed by atoms with Crippen LogP contribution < -0.4 is 0 Å². The fourth-order valence-electron chi connectivity index (χ4n) is 2.04. The average Bonchev–Trinajstić information content (AvgIpc) is 2.50. The van der Waals surface area contributed by atoms with Crippen LogP contribution in [-0.4, -0.2) is 15.6 Å². The van der Waals surface area contributed by atoms with E-state index in [1.807, 2.05) is 10.8 Å². The van der Waals surface area contributed by atoms with Crippen molar-refractivity contribution in [2.75, 3.05) is 0 Å². The number of hydrogen-bond acceptors (Lipinski definition) is 1. The number of aromatic nitrogens is 1. The summed E-state index contributed by atoms with van der Waals surface area (Å²) in [5.74, 6) is -0.845. The van der Waals surface area contributed by atoms with Crippen LogP contribution in [-0.2, 0) is 6.54 Å². The molecule has 3 nitrogen and oxygen atoms in total. The van der Waals surface area contributed by atoms with E-state index in [2.05, 4.69) is 6.92 Å². The molecule has 1 aromatic rings. The minimum atomic E-state index is -0.845. The number of nitrogens with zero attached hydrogens (tertiary/aromatic N) is 1. The predicted octanol–water partition coefficient (Wildman–Crippen LogP) is 2.38. The summed E-state index contributed by atoms with van der Waals surface area (Å²) >= 11 is 0. The second-order valence-electron chi connectivity index (χ2n) is 4.54. The standard InChI is InChI=1S/C11H15NO2/c1-11(4-2-5-11)8-12-6-3-9(7-12)10(13)14/h3,6-7H,2,4-5,8H2,1H3,(H,13,14). The molecule has 1 aliphatic rings. The predicted molar refractivity (Wildman–Crippen MR) is 53.3 cm³/mol. The zero-order valence-electron chi connectivity index (χ0n) is 8.36. The lowest BCUT2D eigenvalue weighted by molar-refractivity contribution is 0.0696. The van der Waals surface area contributed by atoms with Crippen LogP contribution in [0.25, 0.3) is 0 Å². The molecule has 1 saturated carbocycles. The van der Waals surface area contributed by atoms with Gasteiger partial charge in [0.25, 0.3) is 0 Å². The Labute approximate surface area is 83.4 Å². The van der Waals surface area contributed by atoms with Crippen molar-refractivity contribution in [3.05, 3.63) is 24.0 Å². The molecule has 0 aromatic carbocycles. The second kappa shape index (κ2) is 3.15. The van der Waals surface area contributed by atoms with Crippen molar-refractivity contribution in [1.82, 2.24) is 4.57 Å². The van der Waals surface area contributed by atoms with E-state index in [1.54, 1.807) is 12.3 Å². The van der Waals surface area contributed by atoms with E-state index in [4.69, 9.17) is 5.11 Å². The first-order chi connectivity index (χ1) is 6.59. The first kappa shape index (κ1) is 9.31. The molecule has 0 radical (unpaired) electrons. The van der Waals surface area contributed by atoms with Crippen molar-refractivity contribution in [3.8, 4) is 0 Å². The first-order valence-corrected chi connectivity index (χ1v) is 4.98. The lowest BCUT2D eigenvalue weighted by Crippen LogP contribution is -2.30. The Morgan fingerprint density at radius 3 is 2.79 bits per heavy atom. The number of carboxylic acids is 1. The number of carboxylic acid groups (broad SMARTS) is 1. The van der Waals surface area contributed by atoms with Gasteiger partial charge in [-0.05, 0) is 24.3 Å². The van der Waals surface area contributed by atoms with Gasteiger partial charge < -0.3 is 9.67 Å². The molecular weight excluding hydrogens is 178 g/mol. The van der Waals surface area contributed by atoms with E-state index in [9.17, 15) is 4.79 Å². The molecule has 0 amide bonds. The van der Waals surface area contributed by atoms with Gasteiger partial charge in [0.05, 0.1) is 5.56 Å². The van der Waals surface area contributed by atoms with Gasteiger partial charge in [0.15, 0.2) is 0 Å². The van der Waals surface area contributed by atoms with Crippen molar-refractivity contribution in [2.45, 2.75) is 32.7 Å². The normalized spacial score (nSPS) is 18.9. The monoisotopic (exact) mass is 193 g/mol. The van der Waals surface area contributed by atoms with Gasteiger partial charge in [-0.2, -0.15) is 0 Å². The SMILES string of the molecule is CC1(Cn2ccc(C(=O)O)c2)CCC1. The number of aromatic carboxylic acids is 1. The molecule has 1 aromatic heterocycles. The number of rotatable bonds is 3. The zero-order chi connectivity index (χ0) is 10.2. The summed E-state index contributed by atoms with van der Waals surface area (Å²) in [6, 6.07) is 1.66. The Kier molecular flexibility index (Phi) is 2.10. The summed E-state index contributed by atoms with van der Waals surface area (Å²) in [6.07, 6.45) is 7.39.